The molecule has 1 heterocycles. The lowest BCUT2D eigenvalue weighted by Gasteiger charge is -2.13. The van der Waals surface area contributed by atoms with Gasteiger partial charge in [-0.1, -0.05) is 6.07 Å². The third-order valence-electron chi connectivity index (χ3n) is 1.98. The fourth-order valence-electron chi connectivity index (χ4n) is 1.14. The molecule has 0 aliphatic rings. The number of anilines is 1. The summed E-state index contributed by atoms with van der Waals surface area (Å²) in [6, 6.07) is 3.41. The number of aliphatic hydroxyl groups excluding tert-OH is 1. The zero-order valence-electron chi connectivity index (χ0n) is 8.71. The van der Waals surface area contributed by atoms with Crippen molar-refractivity contribution in [2.24, 2.45) is 0 Å². The van der Waals surface area contributed by atoms with Crippen molar-refractivity contribution in [1.29, 1.82) is 0 Å². The molecule has 1 aromatic rings. The number of aliphatic hydroxyl groups is 1. The molecule has 1 rings (SSSR count). The molecule has 0 aliphatic carbocycles. The number of carboxylic acids is 1. The van der Waals surface area contributed by atoms with Gasteiger partial charge >= 0.3 is 5.97 Å². The van der Waals surface area contributed by atoms with E-state index in [1.165, 1.54) is 6.20 Å². The summed E-state index contributed by atoms with van der Waals surface area (Å²) in [5, 5.41) is 18.0. The van der Waals surface area contributed by atoms with Crippen LogP contribution in [0.4, 0.5) is 5.82 Å². The SMILES string of the molecule is CN(C)c1ccc([C@H](O)CC(=O)O)cn1. The highest BCUT2D eigenvalue weighted by atomic mass is 16.4. The minimum Gasteiger partial charge on any atom is -0.481 e. The van der Waals surface area contributed by atoms with Gasteiger partial charge in [0, 0.05) is 20.3 Å². The van der Waals surface area contributed by atoms with Crippen LogP contribution in [0.25, 0.3) is 0 Å². The van der Waals surface area contributed by atoms with Crippen molar-refractivity contribution in [3.05, 3.63) is 23.9 Å². The van der Waals surface area contributed by atoms with E-state index in [1.807, 2.05) is 19.0 Å². The molecule has 0 saturated heterocycles. The first-order valence-corrected chi connectivity index (χ1v) is 4.54. The highest BCUT2D eigenvalue weighted by molar-refractivity contribution is 5.67. The normalized spacial score (nSPS) is 12.2. The van der Waals surface area contributed by atoms with Crippen molar-refractivity contribution in [1.82, 2.24) is 4.98 Å². The Morgan fingerprint density at radius 2 is 2.20 bits per heavy atom. The molecule has 0 aromatic carbocycles. The van der Waals surface area contributed by atoms with Crippen LogP contribution in [0.1, 0.15) is 18.1 Å². The molecule has 0 spiro atoms. The number of nitrogens with zero attached hydrogens (tertiary/aromatic N) is 2. The van der Waals surface area contributed by atoms with Crippen LogP contribution >= 0.6 is 0 Å². The van der Waals surface area contributed by atoms with Crippen molar-refractivity contribution < 1.29 is 15.0 Å². The Hall–Kier alpha value is -1.62. The molecule has 2 N–H and O–H groups in total. The molecule has 0 saturated carbocycles. The smallest absolute Gasteiger partial charge is 0.306 e. The van der Waals surface area contributed by atoms with Crippen LogP contribution in [0.15, 0.2) is 18.3 Å². The predicted molar refractivity (Wildman–Crippen MR) is 55.8 cm³/mol. The average Bonchev–Trinajstić information content (AvgIpc) is 2.17. The molecule has 1 atom stereocenters. The monoisotopic (exact) mass is 210 g/mol. The van der Waals surface area contributed by atoms with Gasteiger partial charge in [-0.05, 0) is 11.6 Å². The summed E-state index contributed by atoms with van der Waals surface area (Å²) in [5.41, 5.74) is 0.517. The highest BCUT2D eigenvalue weighted by Crippen LogP contribution is 2.17. The Kier molecular flexibility index (Phi) is 3.62. The number of pyridine rings is 1. The number of aromatic nitrogens is 1. The van der Waals surface area contributed by atoms with E-state index < -0.39 is 12.1 Å². The van der Waals surface area contributed by atoms with E-state index in [0.717, 1.165) is 5.82 Å². The van der Waals surface area contributed by atoms with Gasteiger partial charge in [-0.2, -0.15) is 0 Å². The van der Waals surface area contributed by atoms with E-state index >= 15 is 0 Å². The Morgan fingerprint density at radius 3 is 2.60 bits per heavy atom. The second kappa shape index (κ2) is 4.75. The van der Waals surface area contributed by atoms with Crippen LogP contribution in [-0.4, -0.2) is 35.3 Å². The second-order valence-electron chi connectivity index (χ2n) is 3.46. The van der Waals surface area contributed by atoms with Gasteiger partial charge in [0.25, 0.3) is 0 Å². The topological polar surface area (TPSA) is 73.7 Å². The Labute approximate surface area is 88.0 Å². The summed E-state index contributed by atoms with van der Waals surface area (Å²) in [6.45, 7) is 0. The van der Waals surface area contributed by atoms with Crippen LogP contribution < -0.4 is 4.90 Å². The summed E-state index contributed by atoms with van der Waals surface area (Å²) in [4.78, 5) is 16.3. The fraction of sp³-hybridized carbons (Fsp3) is 0.400. The molecular formula is C10H14N2O3. The maximum Gasteiger partial charge on any atom is 0.306 e. The zero-order valence-corrected chi connectivity index (χ0v) is 8.71. The van der Waals surface area contributed by atoms with Crippen LogP contribution in [0, 0.1) is 0 Å². The number of aliphatic carboxylic acids is 1. The van der Waals surface area contributed by atoms with Crippen LogP contribution in [0.5, 0.6) is 0 Å². The molecule has 0 bridgehead atoms. The van der Waals surface area contributed by atoms with E-state index in [1.54, 1.807) is 12.1 Å². The van der Waals surface area contributed by atoms with E-state index in [9.17, 15) is 9.90 Å². The molecule has 15 heavy (non-hydrogen) atoms. The molecule has 5 heteroatoms. The van der Waals surface area contributed by atoms with Gasteiger partial charge in [-0.25, -0.2) is 4.98 Å². The van der Waals surface area contributed by atoms with Crippen molar-refractivity contribution >= 4 is 11.8 Å². The number of carbonyl (C=O) groups is 1. The first-order chi connectivity index (χ1) is 7.00. The van der Waals surface area contributed by atoms with Gasteiger partial charge in [-0.3, -0.25) is 4.79 Å². The standard InChI is InChI=1S/C10H14N2O3/c1-12(2)9-4-3-7(6-11-9)8(13)5-10(14)15/h3-4,6,8,13H,5H2,1-2H3,(H,14,15)/t8-/m1/s1. The van der Waals surface area contributed by atoms with Gasteiger partial charge in [-0.15, -0.1) is 0 Å². The molecule has 82 valence electrons. The third-order valence-corrected chi connectivity index (χ3v) is 1.98. The van der Waals surface area contributed by atoms with E-state index in [4.69, 9.17) is 5.11 Å². The molecular weight excluding hydrogens is 196 g/mol. The number of hydrogen-bond donors (Lipinski definition) is 2. The number of carboxylic acid groups (broad SMARTS) is 1. The summed E-state index contributed by atoms with van der Waals surface area (Å²) < 4.78 is 0. The minimum absolute atomic E-state index is 0.303. The average molecular weight is 210 g/mol. The van der Waals surface area contributed by atoms with Gasteiger partial charge in [0.05, 0.1) is 12.5 Å². The van der Waals surface area contributed by atoms with Crippen molar-refractivity contribution in [3.63, 3.8) is 0 Å². The molecule has 0 aliphatic heterocycles. The zero-order chi connectivity index (χ0) is 11.4. The molecule has 0 fully saturated rings. The summed E-state index contributed by atoms with van der Waals surface area (Å²) >= 11 is 0. The Bertz CT molecular complexity index is 335. The minimum atomic E-state index is -1.03. The largest absolute Gasteiger partial charge is 0.481 e. The van der Waals surface area contributed by atoms with Crippen molar-refractivity contribution in [2.75, 3.05) is 19.0 Å². The second-order valence-corrected chi connectivity index (χ2v) is 3.46. The van der Waals surface area contributed by atoms with Gasteiger partial charge in [0.1, 0.15) is 5.82 Å². The van der Waals surface area contributed by atoms with Crippen LogP contribution in [0.2, 0.25) is 0 Å². The van der Waals surface area contributed by atoms with Crippen LogP contribution in [0.3, 0.4) is 0 Å². The highest BCUT2D eigenvalue weighted by Gasteiger charge is 2.12. The molecule has 0 amide bonds. The molecule has 5 nitrogen and oxygen atoms in total. The molecule has 0 unspecified atom stereocenters. The van der Waals surface area contributed by atoms with E-state index in [-0.39, 0.29) is 6.42 Å². The third kappa shape index (κ3) is 3.21. The van der Waals surface area contributed by atoms with Crippen molar-refractivity contribution in [3.8, 4) is 0 Å². The Morgan fingerprint density at radius 1 is 1.53 bits per heavy atom. The van der Waals surface area contributed by atoms with E-state index in [0.29, 0.717) is 5.56 Å². The quantitative estimate of drug-likeness (QED) is 0.763. The van der Waals surface area contributed by atoms with Crippen molar-refractivity contribution in [2.45, 2.75) is 12.5 Å². The summed E-state index contributed by atoms with van der Waals surface area (Å²) in [5.74, 6) is -0.263. The summed E-state index contributed by atoms with van der Waals surface area (Å²) in [7, 11) is 3.71. The fourth-order valence-corrected chi connectivity index (χ4v) is 1.14. The molecule has 1 aromatic heterocycles. The molecule has 0 radical (unpaired) electrons. The number of rotatable bonds is 4. The summed E-state index contributed by atoms with van der Waals surface area (Å²) in [6.07, 6.45) is 0.192. The van der Waals surface area contributed by atoms with Gasteiger partial charge in [0.15, 0.2) is 0 Å². The lowest BCUT2D eigenvalue weighted by Crippen LogP contribution is -2.11. The maximum atomic E-state index is 10.4. The first kappa shape index (κ1) is 11.5. The maximum absolute atomic E-state index is 10.4. The Balaban J connectivity index is 2.75. The lowest BCUT2D eigenvalue weighted by molar-refractivity contribution is -0.139. The van der Waals surface area contributed by atoms with Gasteiger partial charge in [0.2, 0.25) is 0 Å². The van der Waals surface area contributed by atoms with Crippen LogP contribution in [-0.2, 0) is 4.79 Å². The van der Waals surface area contributed by atoms with Gasteiger partial charge < -0.3 is 15.1 Å². The van der Waals surface area contributed by atoms with E-state index in [2.05, 4.69) is 4.98 Å². The number of hydrogen-bond acceptors (Lipinski definition) is 4. The first-order valence-electron chi connectivity index (χ1n) is 4.54. The lowest BCUT2D eigenvalue weighted by atomic mass is 10.1. The predicted octanol–water partition coefficient (Wildman–Crippen LogP) is 0.656.